The van der Waals surface area contributed by atoms with Crippen molar-refractivity contribution in [3.8, 4) is 0 Å². The molecule has 7 heteroatoms. The predicted octanol–water partition coefficient (Wildman–Crippen LogP) is 3.49. The molecular formula is C13H32O4Si3. The van der Waals surface area contributed by atoms with E-state index in [-0.39, 0.29) is 5.73 Å². The summed E-state index contributed by atoms with van der Waals surface area (Å²) in [6.45, 7) is 19.2. The summed E-state index contributed by atoms with van der Waals surface area (Å²) >= 11 is 0. The van der Waals surface area contributed by atoms with Crippen LogP contribution in [-0.2, 0) is 17.7 Å². The Hall–Kier alpha value is 0.491. The molecule has 0 radical (unpaired) electrons. The van der Waals surface area contributed by atoms with Crippen LogP contribution in [0.3, 0.4) is 0 Å². The van der Waals surface area contributed by atoms with Crippen molar-refractivity contribution in [2.24, 2.45) is 0 Å². The summed E-state index contributed by atoms with van der Waals surface area (Å²) in [4.78, 5) is 0. The highest BCUT2D eigenvalue weighted by atomic mass is 28.5. The minimum Gasteiger partial charge on any atom is -0.435 e. The maximum Gasteiger partial charge on any atom is 0.344 e. The van der Waals surface area contributed by atoms with Crippen molar-refractivity contribution >= 4 is 25.2 Å². The van der Waals surface area contributed by atoms with Crippen LogP contribution in [-0.4, -0.2) is 50.2 Å². The zero-order chi connectivity index (χ0) is 15.6. The van der Waals surface area contributed by atoms with Crippen molar-refractivity contribution in [2.75, 3.05) is 13.2 Å². The van der Waals surface area contributed by atoms with Crippen molar-refractivity contribution in [1.82, 2.24) is 0 Å². The first-order valence-electron chi connectivity index (χ1n) is 7.59. The van der Waals surface area contributed by atoms with Crippen LogP contribution in [0, 0.1) is 0 Å². The van der Waals surface area contributed by atoms with Crippen molar-refractivity contribution in [3.05, 3.63) is 0 Å². The minimum atomic E-state index is -2.34. The molecule has 1 aliphatic heterocycles. The second kappa shape index (κ2) is 6.72. The lowest BCUT2D eigenvalue weighted by molar-refractivity contribution is 0.0617. The Bertz CT molecular complexity index is 292. The van der Waals surface area contributed by atoms with E-state index in [4.69, 9.17) is 17.7 Å². The number of hydrogen-bond donors (Lipinski definition) is 0. The summed E-state index contributed by atoms with van der Waals surface area (Å²) in [6.07, 6.45) is 1.23. The number of ether oxygens (including phenoxy) is 2. The lowest BCUT2D eigenvalue weighted by atomic mass is 10.5. The average molecular weight is 337 g/mol. The molecule has 20 heavy (non-hydrogen) atoms. The number of epoxide rings is 1. The van der Waals surface area contributed by atoms with Gasteiger partial charge in [0.2, 0.25) is 0 Å². The summed E-state index contributed by atoms with van der Waals surface area (Å²) in [6, 6.07) is 0. The van der Waals surface area contributed by atoms with Gasteiger partial charge in [-0.3, -0.25) is 0 Å². The molecule has 1 fully saturated rings. The molecule has 0 aromatic heterocycles. The smallest absolute Gasteiger partial charge is 0.344 e. The summed E-state index contributed by atoms with van der Waals surface area (Å²) in [5.41, 5.74) is 0.0881. The fraction of sp³-hybridized carbons (Fsp3) is 1.00. The van der Waals surface area contributed by atoms with Crippen LogP contribution < -0.4 is 0 Å². The molecule has 0 aliphatic carbocycles. The molecule has 2 atom stereocenters. The van der Waals surface area contributed by atoms with E-state index in [0.717, 1.165) is 13.0 Å². The van der Waals surface area contributed by atoms with Crippen LogP contribution in [0.25, 0.3) is 0 Å². The molecule has 1 heterocycles. The van der Waals surface area contributed by atoms with E-state index in [1.54, 1.807) is 0 Å². The Balaban J connectivity index is 2.80. The van der Waals surface area contributed by atoms with Crippen molar-refractivity contribution in [2.45, 2.75) is 71.0 Å². The number of rotatable bonds is 9. The van der Waals surface area contributed by atoms with E-state index in [2.05, 4.69) is 52.8 Å². The van der Waals surface area contributed by atoms with Crippen LogP contribution in [0.15, 0.2) is 0 Å². The van der Waals surface area contributed by atoms with Gasteiger partial charge in [0.15, 0.2) is 16.6 Å². The second-order valence-electron chi connectivity index (χ2n) is 7.63. The van der Waals surface area contributed by atoms with Crippen molar-refractivity contribution < 1.29 is 17.7 Å². The van der Waals surface area contributed by atoms with Gasteiger partial charge in [0.05, 0.1) is 18.9 Å². The Morgan fingerprint density at radius 1 is 1.00 bits per heavy atom. The van der Waals surface area contributed by atoms with Gasteiger partial charge in [-0.1, -0.05) is 6.92 Å². The Morgan fingerprint density at radius 2 is 1.45 bits per heavy atom. The molecule has 1 rings (SSSR count). The van der Waals surface area contributed by atoms with Crippen molar-refractivity contribution in [3.63, 3.8) is 0 Å². The van der Waals surface area contributed by atoms with Crippen LogP contribution in [0.1, 0.15) is 13.3 Å². The first-order chi connectivity index (χ1) is 8.95. The molecule has 1 aliphatic rings. The summed E-state index contributed by atoms with van der Waals surface area (Å²) in [5, 5.41) is 0. The lowest BCUT2D eigenvalue weighted by Crippen LogP contribution is -2.60. The Labute approximate surface area is 127 Å². The molecule has 0 aromatic rings. The third-order valence-electron chi connectivity index (χ3n) is 2.86. The van der Waals surface area contributed by atoms with Gasteiger partial charge in [0.25, 0.3) is 0 Å². The fourth-order valence-electron chi connectivity index (χ4n) is 2.40. The molecular weight excluding hydrogens is 304 g/mol. The third-order valence-corrected chi connectivity index (χ3v) is 12.7. The van der Waals surface area contributed by atoms with Gasteiger partial charge < -0.3 is 17.7 Å². The third kappa shape index (κ3) is 6.97. The maximum absolute atomic E-state index is 6.53. The van der Waals surface area contributed by atoms with Gasteiger partial charge in [-0.2, -0.15) is 0 Å². The van der Waals surface area contributed by atoms with Gasteiger partial charge in [-0.15, -0.1) is 0 Å². The summed E-state index contributed by atoms with van der Waals surface area (Å²) in [5.74, 6) is 0. The van der Waals surface area contributed by atoms with Crippen molar-refractivity contribution in [1.29, 1.82) is 0 Å². The molecule has 0 N–H and O–H groups in total. The average Bonchev–Trinajstić information content (AvgIpc) is 2.95. The zero-order valence-corrected chi connectivity index (χ0v) is 17.4. The van der Waals surface area contributed by atoms with Gasteiger partial charge in [-0.25, -0.2) is 0 Å². The standard InChI is InChI=1S/C13H32O4Si3/c1-9-13(15-11-12-10-14-12)20(8,16-18(2,3)4)17-19(5,6)7/h12-13H,9-11H2,1-8H3. The minimum absolute atomic E-state index is 0.0881. The first-order valence-corrected chi connectivity index (χ1v) is 16.8. The first kappa shape index (κ1) is 18.5. The van der Waals surface area contributed by atoms with E-state index in [1.807, 2.05) is 0 Å². The Morgan fingerprint density at radius 3 is 1.75 bits per heavy atom. The van der Waals surface area contributed by atoms with Gasteiger partial charge in [0, 0.05) is 0 Å². The van der Waals surface area contributed by atoms with E-state index < -0.39 is 25.2 Å². The lowest BCUT2D eigenvalue weighted by Gasteiger charge is -2.42. The maximum atomic E-state index is 6.53. The van der Waals surface area contributed by atoms with Crippen LogP contribution in [0.4, 0.5) is 0 Å². The summed E-state index contributed by atoms with van der Waals surface area (Å²) in [7, 11) is -5.67. The van der Waals surface area contributed by atoms with E-state index in [1.165, 1.54) is 0 Å². The normalized spacial score (nSPS) is 21.9. The molecule has 2 unspecified atom stereocenters. The largest absolute Gasteiger partial charge is 0.435 e. The zero-order valence-electron chi connectivity index (χ0n) is 14.4. The second-order valence-corrected chi connectivity index (χ2v) is 20.4. The number of hydrogen-bond acceptors (Lipinski definition) is 4. The molecule has 0 saturated carbocycles. The topological polar surface area (TPSA) is 40.2 Å². The van der Waals surface area contributed by atoms with Crippen LogP contribution >= 0.6 is 0 Å². The molecule has 1 saturated heterocycles. The highest BCUT2D eigenvalue weighted by Gasteiger charge is 2.47. The van der Waals surface area contributed by atoms with E-state index in [9.17, 15) is 0 Å². The van der Waals surface area contributed by atoms with Gasteiger partial charge in [-0.05, 0) is 52.2 Å². The van der Waals surface area contributed by atoms with Gasteiger partial charge in [0.1, 0.15) is 6.10 Å². The SMILES string of the molecule is CCC(OCC1CO1)[Si](C)(O[Si](C)(C)C)O[Si](C)(C)C. The Kier molecular flexibility index (Phi) is 6.23. The molecule has 120 valence electrons. The highest BCUT2D eigenvalue weighted by Crippen LogP contribution is 2.27. The predicted molar refractivity (Wildman–Crippen MR) is 90.3 cm³/mol. The molecule has 0 aromatic carbocycles. The van der Waals surface area contributed by atoms with Gasteiger partial charge >= 0.3 is 8.56 Å². The monoisotopic (exact) mass is 336 g/mol. The summed E-state index contributed by atoms with van der Waals surface area (Å²) < 4.78 is 24.4. The van der Waals surface area contributed by atoms with Crippen LogP contribution in [0.5, 0.6) is 0 Å². The van der Waals surface area contributed by atoms with E-state index in [0.29, 0.717) is 12.7 Å². The van der Waals surface area contributed by atoms with Crippen LogP contribution in [0.2, 0.25) is 45.8 Å². The highest BCUT2D eigenvalue weighted by molar-refractivity contribution is 6.88. The molecule has 0 bridgehead atoms. The molecule has 0 spiro atoms. The molecule has 0 amide bonds. The quantitative estimate of drug-likeness (QED) is 0.477. The molecule has 4 nitrogen and oxygen atoms in total. The fourth-order valence-corrected chi connectivity index (χ4v) is 14.9. The van der Waals surface area contributed by atoms with E-state index >= 15 is 0 Å².